The van der Waals surface area contributed by atoms with Gasteiger partial charge in [0.15, 0.2) is 0 Å². The lowest BCUT2D eigenvalue weighted by molar-refractivity contribution is -0.130. The fourth-order valence-corrected chi connectivity index (χ4v) is 2.10. The third-order valence-corrected chi connectivity index (χ3v) is 3.42. The number of carbonyl (C=O) groups is 1. The van der Waals surface area contributed by atoms with E-state index in [-0.39, 0.29) is 5.91 Å². The topological polar surface area (TPSA) is 35.6 Å². The van der Waals surface area contributed by atoms with Crippen molar-refractivity contribution in [3.63, 3.8) is 0 Å². The van der Waals surface area contributed by atoms with Crippen molar-refractivity contribution >= 4 is 5.91 Å². The van der Waals surface area contributed by atoms with Crippen LogP contribution in [0.4, 0.5) is 0 Å². The van der Waals surface area contributed by atoms with Crippen LogP contribution in [-0.2, 0) is 4.79 Å². The van der Waals surface area contributed by atoms with Gasteiger partial charge in [-0.15, -0.1) is 0 Å². The molecule has 0 aromatic carbocycles. The van der Waals surface area contributed by atoms with Crippen molar-refractivity contribution in [1.29, 1.82) is 0 Å². The fraction of sp³-hybridized carbons (Fsp3) is 0.923. The van der Waals surface area contributed by atoms with Crippen molar-refractivity contribution in [2.75, 3.05) is 39.3 Å². The third-order valence-electron chi connectivity index (χ3n) is 3.42. The van der Waals surface area contributed by atoms with Crippen molar-refractivity contribution in [3.05, 3.63) is 0 Å². The first-order valence-electron chi connectivity index (χ1n) is 6.95. The summed E-state index contributed by atoms with van der Waals surface area (Å²) in [4.78, 5) is 16.3. The summed E-state index contributed by atoms with van der Waals surface area (Å²) >= 11 is 0. The molecule has 0 radical (unpaired) electrons. The summed E-state index contributed by atoms with van der Waals surface area (Å²) in [5.74, 6) is 0.259. The Morgan fingerprint density at radius 3 is 2.29 bits per heavy atom. The van der Waals surface area contributed by atoms with Crippen molar-refractivity contribution in [1.82, 2.24) is 15.1 Å². The van der Waals surface area contributed by atoms with Gasteiger partial charge in [0.25, 0.3) is 0 Å². The van der Waals surface area contributed by atoms with Gasteiger partial charge in [0.1, 0.15) is 0 Å². The molecular weight excluding hydrogens is 214 g/mol. The first kappa shape index (κ1) is 14.5. The molecule has 0 bridgehead atoms. The van der Waals surface area contributed by atoms with Gasteiger partial charge in [0.05, 0.1) is 6.54 Å². The maximum absolute atomic E-state index is 11.9. The molecule has 0 aromatic rings. The molecule has 1 amide bonds. The Labute approximate surface area is 105 Å². The highest BCUT2D eigenvalue weighted by molar-refractivity contribution is 5.78. The SMILES string of the molecule is CCN(CC)CCNCC(=O)N(CC)C1CC1. The van der Waals surface area contributed by atoms with Crippen molar-refractivity contribution in [3.8, 4) is 0 Å². The first-order chi connectivity index (χ1) is 8.22. The number of nitrogens with one attached hydrogen (secondary N) is 1. The molecule has 0 unspecified atom stereocenters. The van der Waals surface area contributed by atoms with Crippen LogP contribution in [0.3, 0.4) is 0 Å². The zero-order chi connectivity index (χ0) is 12.7. The summed E-state index contributed by atoms with van der Waals surface area (Å²) in [6.07, 6.45) is 2.39. The Morgan fingerprint density at radius 2 is 1.82 bits per heavy atom. The normalized spacial score (nSPS) is 15.3. The minimum absolute atomic E-state index is 0.259. The van der Waals surface area contributed by atoms with Crippen LogP contribution in [0.1, 0.15) is 33.6 Å². The molecule has 1 aliphatic carbocycles. The summed E-state index contributed by atoms with van der Waals surface area (Å²) in [7, 11) is 0. The smallest absolute Gasteiger partial charge is 0.236 e. The lowest BCUT2D eigenvalue weighted by Crippen LogP contribution is -2.41. The third kappa shape index (κ3) is 5.04. The molecule has 0 heterocycles. The standard InChI is InChI=1S/C13H27N3O/c1-4-15(5-2)10-9-14-11-13(17)16(6-3)12-7-8-12/h12,14H,4-11H2,1-3H3. The van der Waals surface area contributed by atoms with Crippen molar-refractivity contribution < 1.29 is 4.79 Å². The van der Waals surface area contributed by atoms with E-state index in [0.717, 1.165) is 32.7 Å². The molecule has 1 N–H and O–H groups in total. The molecule has 0 saturated heterocycles. The largest absolute Gasteiger partial charge is 0.339 e. The van der Waals surface area contributed by atoms with E-state index in [0.29, 0.717) is 12.6 Å². The lowest BCUT2D eigenvalue weighted by Gasteiger charge is -2.21. The van der Waals surface area contributed by atoms with Crippen LogP contribution in [0.5, 0.6) is 0 Å². The molecule has 4 nitrogen and oxygen atoms in total. The van der Waals surface area contributed by atoms with Crippen LogP contribution < -0.4 is 5.32 Å². The Bertz CT molecular complexity index is 225. The Kier molecular flexibility index (Phi) is 6.52. The van der Waals surface area contributed by atoms with Crippen LogP contribution in [0.15, 0.2) is 0 Å². The monoisotopic (exact) mass is 241 g/mol. The predicted octanol–water partition coefficient (Wildman–Crippen LogP) is 0.929. The Hall–Kier alpha value is -0.610. The number of carbonyl (C=O) groups excluding carboxylic acids is 1. The van der Waals surface area contributed by atoms with Gasteiger partial charge >= 0.3 is 0 Å². The molecule has 0 spiro atoms. The van der Waals surface area contributed by atoms with Crippen LogP contribution >= 0.6 is 0 Å². The predicted molar refractivity (Wildman–Crippen MR) is 71.1 cm³/mol. The fourth-order valence-electron chi connectivity index (χ4n) is 2.10. The van der Waals surface area contributed by atoms with E-state index in [1.54, 1.807) is 0 Å². The summed E-state index contributed by atoms with van der Waals surface area (Å²) in [6.45, 7) is 11.8. The van der Waals surface area contributed by atoms with Gasteiger partial charge < -0.3 is 15.1 Å². The molecule has 17 heavy (non-hydrogen) atoms. The second-order valence-electron chi connectivity index (χ2n) is 4.61. The van der Waals surface area contributed by atoms with Gasteiger partial charge in [-0.1, -0.05) is 13.8 Å². The van der Waals surface area contributed by atoms with E-state index in [1.807, 2.05) is 4.90 Å². The van der Waals surface area contributed by atoms with E-state index >= 15 is 0 Å². The second kappa shape index (κ2) is 7.67. The Morgan fingerprint density at radius 1 is 1.18 bits per heavy atom. The number of likely N-dealkylation sites (N-methyl/N-ethyl adjacent to an activating group) is 2. The average molecular weight is 241 g/mol. The summed E-state index contributed by atoms with van der Waals surface area (Å²) in [6, 6.07) is 0.539. The first-order valence-corrected chi connectivity index (χ1v) is 6.95. The minimum Gasteiger partial charge on any atom is -0.339 e. The average Bonchev–Trinajstić information content (AvgIpc) is 3.15. The minimum atomic E-state index is 0.259. The summed E-state index contributed by atoms with van der Waals surface area (Å²) < 4.78 is 0. The molecule has 1 fully saturated rings. The molecule has 0 aliphatic heterocycles. The van der Waals surface area contributed by atoms with Gasteiger partial charge in [-0.3, -0.25) is 4.79 Å². The number of nitrogens with zero attached hydrogens (tertiary/aromatic N) is 2. The van der Waals surface area contributed by atoms with Gasteiger partial charge in [0, 0.05) is 25.7 Å². The molecule has 1 rings (SSSR count). The second-order valence-corrected chi connectivity index (χ2v) is 4.61. The number of hydrogen-bond donors (Lipinski definition) is 1. The van der Waals surface area contributed by atoms with Crippen molar-refractivity contribution in [2.45, 2.75) is 39.7 Å². The van der Waals surface area contributed by atoms with E-state index in [1.165, 1.54) is 12.8 Å². The highest BCUT2D eigenvalue weighted by atomic mass is 16.2. The number of amides is 1. The highest BCUT2D eigenvalue weighted by Crippen LogP contribution is 2.26. The van der Waals surface area contributed by atoms with Crippen LogP contribution in [-0.4, -0.2) is 61.0 Å². The molecule has 100 valence electrons. The van der Waals surface area contributed by atoms with E-state index in [4.69, 9.17) is 0 Å². The summed E-state index contributed by atoms with van der Waals surface area (Å²) in [5.41, 5.74) is 0. The van der Waals surface area contributed by atoms with Crippen LogP contribution in [0.2, 0.25) is 0 Å². The van der Waals surface area contributed by atoms with Crippen molar-refractivity contribution in [2.24, 2.45) is 0 Å². The van der Waals surface area contributed by atoms with Crippen LogP contribution in [0.25, 0.3) is 0 Å². The Balaban J connectivity index is 2.10. The molecule has 4 heteroatoms. The summed E-state index contributed by atoms with van der Waals surface area (Å²) in [5, 5.41) is 3.25. The highest BCUT2D eigenvalue weighted by Gasteiger charge is 2.30. The quantitative estimate of drug-likeness (QED) is 0.610. The number of hydrogen-bond acceptors (Lipinski definition) is 3. The van der Waals surface area contributed by atoms with Crippen LogP contribution in [0, 0.1) is 0 Å². The lowest BCUT2D eigenvalue weighted by atomic mass is 10.4. The molecule has 1 saturated carbocycles. The van der Waals surface area contributed by atoms with Gasteiger partial charge in [-0.25, -0.2) is 0 Å². The maximum atomic E-state index is 11.9. The van der Waals surface area contributed by atoms with Gasteiger partial charge in [0.2, 0.25) is 5.91 Å². The number of rotatable bonds is 9. The van der Waals surface area contributed by atoms with Gasteiger partial charge in [-0.2, -0.15) is 0 Å². The van der Waals surface area contributed by atoms with E-state index < -0.39 is 0 Å². The molecular formula is C13H27N3O. The van der Waals surface area contributed by atoms with E-state index in [9.17, 15) is 4.79 Å². The van der Waals surface area contributed by atoms with Gasteiger partial charge in [-0.05, 0) is 32.9 Å². The zero-order valence-corrected chi connectivity index (χ0v) is 11.5. The molecule has 0 atom stereocenters. The molecule has 0 aromatic heterocycles. The zero-order valence-electron chi connectivity index (χ0n) is 11.5. The maximum Gasteiger partial charge on any atom is 0.236 e. The molecule has 1 aliphatic rings. The van der Waals surface area contributed by atoms with E-state index in [2.05, 4.69) is 31.0 Å².